The van der Waals surface area contributed by atoms with Crippen molar-refractivity contribution in [3.8, 4) is 0 Å². The first-order chi connectivity index (χ1) is 9.56. The minimum Gasteiger partial charge on any atom is -0.343 e. The molecular formula is C14H19ClN2O2S. The van der Waals surface area contributed by atoms with Crippen molar-refractivity contribution in [2.45, 2.75) is 51.7 Å². The summed E-state index contributed by atoms with van der Waals surface area (Å²) >= 11 is 7.38. The fourth-order valence-electron chi connectivity index (χ4n) is 2.51. The second kappa shape index (κ2) is 6.59. The zero-order chi connectivity index (χ0) is 14.7. The molecule has 0 radical (unpaired) electrons. The van der Waals surface area contributed by atoms with E-state index in [1.807, 2.05) is 26.0 Å². The van der Waals surface area contributed by atoms with Crippen LogP contribution in [0.15, 0.2) is 12.1 Å². The van der Waals surface area contributed by atoms with E-state index in [0.29, 0.717) is 23.7 Å². The molecule has 0 aromatic carbocycles. The molecule has 4 nitrogen and oxygen atoms in total. The molecular weight excluding hydrogens is 296 g/mol. The van der Waals surface area contributed by atoms with Crippen LogP contribution in [0, 0.1) is 0 Å². The van der Waals surface area contributed by atoms with Crippen LogP contribution in [-0.4, -0.2) is 28.8 Å². The van der Waals surface area contributed by atoms with Gasteiger partial charge >= 0.3 is 0 Å². The van der Waals surface area contributed by atoms with Crippen molar-refractivity contribution in [2.75, 3.05) is 0 Å². The highest BCUT2D eigenvalue weighted by molar-refractivity contribution is 7.16. The number of piperazine rings is 1. The second-order valence-corrected chi connectivity index (χ2v) is 6.75. The van der Waals surface area contributed by atoms with Crippen LogP contribution in [0.3, 0.4) is 0 Å². The lowest BCUT2D eigenvalue weighted by Crippen LogP contribution is -2.62. The van der Waals surface area contributed by atoms with Gasteiger partial charge in [0.25, 0.3) is 0 Å². The minimum atomic E-state index is -0.384. The number of hydrogen-bond donors (Lipinski definition) is 1. The summed E-state index contributed by atoms with van der Waals surface area (Å²) in [4.78, 5) is 27.4. The number of hydrogen-bond acceptors (Lipinski definition) is 3. The summed E-state index contributed by atoms with van der Waals surface area (Å²) in [6.07, 6.45) is 2.17. The third kappa shape index (κ3) is 3.15. The normalized spacial score (nSPS) is 23.1. The molecule has 0 spiro atoms. The van der Waals surface area contributed by atoms with E-state index in [1.54, 1.807) is 4.90 Å². The van der Waals surface area contributed by atoms with E-state index in [4.69, 9.17) is 11.6 Å². The Bertz CT molecular complexity index is 503. The van der Waals surface area contributed by atoms with Gasteiger partial charge in [0.1, 0.15) is 12.1 Å². The summed E-state index contributed by atoms with van der Waals surface area (Å²) in [6.45, 7) is 4.39. The van der Waals surface area contributed by atoms with Gasteiger partial charge in [-0.2, -0.15) is 0 Å². The quantitative estimate of drug-likeness (QED) is 0.908. The van der Waals surface area contributed by atoms with Crippen LogP contribution in [0.4, 0.5) is 0 Å². The third-order valence-corrected chi connectivity index (χ3v) is 4.71. The Hall–Kier alpha value is -1.07. The van der Waals surface area contributed by atoms with Gasteiger partial charge in [0.2, 0.25) is 11.8 Å². The van der Waals surface area contributed by atoms with Crippen LogP contribution >= 0.6 is 22.9 Å². The number of thiophene rings is 1. The van der Waals surface area contributed by atoms with Crippen molar-refractivity contribution in [3.63, 3.8) is 0 Å². The van der Waals surface area contributed by atoms with Crippen molar-refractivity contribution < 1.29 is 9.59 Å². The van der Waals surface area contributed by atoms with Gasteiger partial charge in [0, 0.05) is 4.88 Å². The Morgan fingerprint density at radius 1 is 1.35 bits per heavy atom. The first kappa shape index (κ1) is 15.3. The van der Waals surface area contributed by atoms with Gasteiger partial charge in [-0.1, -0.05) is 31.9 Å². The van der Waals surface area contributed by atoms with E-state index in [2.05, 4.69) is 5.32 Å². The first-order valence-electron chi connectivity index (χ1n) is 6.91. The number of amides is 2. The van der Waals surface area contributed by atoms with Crippen LogP contribution in [0.1, 0.15) is 38.0 Å². The number of carbonyl (C=O) groups excluding carboxylic acids is 2. The highest BCUT2D eigenvalue weighted by Crippen LogP contribution is 2.25. The molecule has 1 aromatic heterocycles. The zero-order valence-electron chi connectivity index (χ0n) is 11.7. The van der Waals surface area contributed by atoms with Crippen molar-refractivity contribution in [2.24, 2.45) is 0 Å². The number of nitrogens with zero attached hydrogens (tertiary/aromatic N) is 1. The molecule has 1 saturated heterocycles. The van der Waals surface area contributed by atoms with Gasteiger partial charge in [0.05, 0.1) is 10.9 Å². The number of rotatable bonds is 5. The molecule has 0 aliphatic carbocycles. The Morgan fingerprint density at radius 2 is 2.10 bits per heavy atom. The van der Waals surface area contributed by atoms with E-state index < -0.39 is 0 Å². The molecule has 20 heavy (non-hydrogen) atoms. The highest BCUT2D eigenvalue weighted by atomic mass is 35.5. The van der Waals surface area contributed by atoms with Gasteiger partial charge in [-0.15, -0.1) is 11.3 Å². The second-order valence-electron chi connectivity index (χ2n) is 4.95. The van der Waals surface area contributed by atoms with Gasteiger partial charge < -0.3 is 10.2 Å². The van der Waals surface area contributed by atoms with Crippen molar-refractivity contribution in [3.05, 3.63) is 21.3 Å². The van der Waals surface area contributed by atoms with Crippen molar-refractivity contribution >= 4 is 34.8 Å². The third-order valence-electron chi connectivity index (χ3n) is 3.50. The number of carbonyl (C=O) groups is 2. The molecule has 1 fully saturated rings. The monoisotopic (exact) mass is 314 g/mol. The maximum atomic E-state index is 12.5. The minimum absolute atomic E-state index is 0.0165. The summed E-state index contributed by atoms with van der Waals surface area (Å²) in [6, 6.07) is 2.97. The molecule has 1 aliphatic heterocycles. The molecule has 1 aliphatic rings. The largest absolute Gasteiger partial charge is 0.343 e. The van der Waals surface area contributed by atoms with Crippen LogP contribution in [-0.2, 0) is 16.1 Å². The van der Waals surface area contributed by atoms with E-state index in [-0.39, 0.29) is 23.9 Å². The SMILES string of the molecule is CCCC1NC(=O)C(CC)N(Cc2ccc(Cl)s2)C1=O. The summed E-state index contributed by atoms with van der Waals surface area (Å²) in [5, 5.41) is 2.84. The maximum absolute atomic E-state index is 12.5. The van der Waals surface area contributed by atoms with Gasteiger partial charge in [0.15, 0.2) is 0 Å². The molecule has 2 rings (SSSR count). The van der Waals surface area contributed by atoms with Crippen LogP contribution in [0.2, 0.25) is 4.34 Å². The topological polar surface area (TPSA) is 49.4 Å². The Kier molecular flexibility index (Phi) is 5.05. The summed E-state index contributed by atoms with van der Waals surface area (Å²) < 4.78 is 0.701. The number of nitrogens with one attached hydrogen (secondary N) is 1. The molecule has 6 heteroatoms. The molecule has 2 amide bonds. The van der Waals surface area contributed by atoms with Crippen molar-refractivity contribution in [1.29, 1.82) is 0 Å². The van der Waals surface area contributed by atoms with E-state index in [0.717, 1.165) is 11.3 Å². The van der Waals surface area contributed by atoms with E-state index in [1.165, 1.54) is 11.3 Å². The fraction of sp³-hybridized carbons (Fsp3) is 0.571. The molecule has 2 heterocycles. The highest BCUT2D eigenvalue weighted by Gasteiger charge is 2.39. The molecule has 1 aromatic rings. The standard InChI is InChI=1S/C14H19ClN2O2S/c1-3-5-10-14(19)17(11(4-2)13(18)16-10)8-9-6-7-12(15)20-9/h6-7,10-11H,3-5,8H2,1-2H3,(H,16,18). The summed E-state index contributed by atoms with van der Waals surface area (Å²) in [5.74, 6) is -0.0315. The Labute approximate surface area is 128 Å². The smallest absolute Gasteiger partial charge is 0.246 e. The average Bonchev–Trinajstić information content (AvgIpc) is 2.81. The predicted molar refractivity (Wildman–Crippen MR) is 80.8 cm³/mol. The Balaban J connectivity index is 2.19. The number of halogens is 1. The van der Waals surface area contributed by atoms with Crippen LogP contribution in [0.25, 0.3) is 0 Å². The lowest BCUT2D eigenvalue weighted by atomic mass is 10.0. The lowest BCUT2D eigenvalue weighted by Gasteiger charge is -2.38. The molecule has 110 valence electrons. The van der Waals surface area contributed by atoms with Crippen LogP contribution < -0.4 is 5.32 Å². The van der Waals surface area contributed by atoms with Crippen molar-refractivity contribution in [1.82, 2.24) is 10.2 Å². The van der Waals surface area contributed by atoms with Gasteiger partial charge in [-0.25, -0.2) is 0 Å². The van der Waals surface area contributed by atoms with Crippen LogP contribution in [0.5, 0.6) is 0 Å². The molecule has 2 unspecified atom stereocenters. The predicted octanol–water partition coefficient (Wildman–Crippen LogP) is 2.81. The fourth-order valence-corrected chi connectivity index (χ4v) is 3.59. The van der Waals surface area contributed by atoms with E-state index >= 15 is 0 Å². The summed E-state index contributed by atoms with van der Waals surface area (Å²) in [7, 11) is 0. The molecule has 1 N–H and O–H groups in total. The first-order valence-corrected chi connectivity index (χ1v) is 8.11. The lowest BCUT2D eigenvalue weighted by molar-refractivity contribution is -0.150. The zero-order valence-corrected chi connectivity index (χ0v) is 13.3. The molecule has 0 saturated carbocycles. The maximum Gasteiger partial charge on any atom is 0.246 e. The molecule has 2 atom stereocenters. The summed E-state index contributed by atoms with van der Waals surface area (Å²) in [5.41, 5.74) is 0. The van der Waals surface area contributed by atoms with E-state index in [9.17, 15) is 9.59 Å². The average molecular weight is 315 g/mol. The molecule has 0 bridgehead atoms. The van der Waals surface area contributed by atoms with Gasteiger partial charge in [-0.3, -0.25) is 9.59 Å². The van der Waals surface area contributed by atoms with Gasteiger partial charge in [-0.05, 0) is 25.0 Å². The Morgan fingerprint density at radius 3 is 2.65 bits per heavy atom.